The molecular weight excluding hydrogens is 468 g/mol. The van der Waals surface area contributed by atoms with Gasteiger partial charge in [0.15, 0.2) is 17.0 Å². The predicted molar refractivity (Wildman–Crippen MR) is 131 cm³/mol. The zero-order chi connectivity index (χ0) is 17.5. The number of hydrogen-bond acceptors (Lipinski definition) is 5. The van der Waals surface area contributed by atoms with Gasteiger partial charge in [-0.15, -0.1) is 49.6 Å². The van der Waals surface area contributed by atoms with Crippen molar-refractivity contribution in [2.75, 3.05) is 5.32 Å². The molecule has 0 unspecified atom stereocenters. The van der Waals surface area contributed by atoms with Gasteiger partial charge in [0.05, 0.1) is 11.8 Å². The molecule has 164 valence electrons. The van der Waals surface area contributed by atoms with Crippen molar-refractivity contribution in [3.8, 4) is 5.82 Å². The van der Waals surface area contributed by atoms with E-state index in [1.165, 1.54) is 5.39 Å². The van der Waals surface area contributed by atoms with E-state index in [1.54, 1.807) is 6.33 Å². The van der Waals surface area contributed by atoms with E-state index in [1.807, 2.05) is 18.3 Å². The average Bonchev–Trinajstić information content (AvgIpc) is 3.30. The molecule has 0 bridgehead atoms. The first-order chi connectivity index (χ1) is 12.8. The van der Waals surface area contributed by atoms with Crippen molar-refractivity contribution >= 4 is 77.6 Å². The minimum absolute atomic E-state index is 0. The van der Waals surface area contributed by atoms with E-state index >= 15 is 0 Å². The molecule has 11 heteroatoms. The first kappa shape index (κ1) is 26.3. The molecule has 0 atom stereocenters. The molecule has 0 spiro atoms. The van der Waals surface area contributed by atoms with E-state index in [2.05, 4.69) is 43.0 Å². The monoisotopic (exact) mass is 491 g/mol. The number of nitrogens with one attached hydrogen (secondary N) is 2. The highest BCUT2D eigenvalue weighted by Crippen LogP contribution is 2.25. The third-order valence-electron chi connectivity index (χ3n) is 5.19. The maximum atomic E-state index is 6.02. The van der Waals surface area contributed by atoms with E-state index < -0.39 is 0 Å². The lowest BCUT2D eigenvalue weighted by atomic mass is 9.92. The van der Waals surface area contributed by atoms with Crippen LogP contribution in [0.2, 0.25) is 0 Å². The largest absolute Gasteiger partial charge is 0.351 e. The zero-order valence-corrected chi connectivity index (χ0v) is 19.3. The molecular formula is C19H25Cl4N7. The first-order valence-corrected chi connectivity index (χ1v) is 9.07. The lowest BCUT2D eigenvalue weighted by Gasteiger charge is -2.26. The van der Waals surface area contributed by atoms with Crippen molar-refractivity contribution in [1.29, 1.82) is 0 Å². The molecule has 3 heterocycles. The number of fused-ring (bicyclic) bond motifs is 2. The number of aromatic nitrogens is 5. The lowest BCUT2D eigenvalue weighted by molar-refractivity contribution is 0.410. The van der Waals surface area contributed by atoms with Crippen LogP contribution in [-0.4, -0.2) is 36.6 Å². The summed E-state index contributed by atoms with van der Waals surface area (Å²) in [6.45, 7) is 0. The first-order valence-electron chi connectivity index (χ1n) is 9.07. The zero-order valence-electron chi connectivity index (χ0n) is 16.0. The molecule has 0 saturated heterocycles. The number of halogens is 4. The molecule has 0 radical (unpaired) electrons. The third-order valence-corrected chi connectivity index (χ3v) is 5.19. The van der Waals surface area contributed by atoms with Gasteiger partial charge in [0.25, 0.3) is 0 Å². The number of nitrogens with two attached hydrogens (primary N) is 1. The van der Waals surface area contributed by atoms with E-state index in [4.69, 9.17) is 10.7 Å². The van der Waals surface area contributed by atoms with Crippen molar-refractivity contribution < 1.29 is 0 Å². The summed E-state index contributed by atoms with van der Waals surface area (Å²) in [5.74, 6) is 1.42. The molecule has 1 aliphatic carbocycles. The normalized spacial score (nSPS) is 17.9. The number of aromatic amines is 1. The topological polar surface area (TPSA) is 97.4 Å². The Kier molecular flexibility index (Phi) is 9.65. The molecule has 0 amide bonds. The third kappa shape index (κ3) is 4.92. The second kappa shape index (κ2) is 11.0. The van der Waals surface area contributed by atoms with Gasteiger partial charge in [0, 0.05) is 18.3 Å². The molecule has 1 saturated carbocycles. The second-order valence-corrected chi connectivity index (χ2v) is 6.97. The van der Waals surface area contributed by atoms with Crippen LogP contribution in [0.1, 0.15) is 25.7 Å². The van der Waals surface area contributed by atoms with Gasteiger partial charge in [-0.05, 0) is 43.2 Å². The molecule has 3 aromatic heterocycles. The van der Waals surface area contributed by atoms with Gasteiger partial charge in [-0.1, -0.05) is 18.2 Å². The van der Waals surface area contributed by atoms with Crippen LogP contribution in [0, 0.1) is 0 Å². The second-order valence-electron chi connectivity index (χ2n) is 6.97. The van der Waals surface area contributed by atoms with Gasteiger partial charge in [-0.3, -0.25) is 4.57 Å². The summed E-state index contributed by atoms with van der Waals surface area (Å²) in [6, 6.07) is 11.0. The van der Waals surface area contributed by atoms with E-state index in [0.717, 1.165) is 48.2 Å². The quantitative estimate of drug-likeness (QED) is 0.386. The summed E-state index contributed by atoms with van der Waals surface area (Å²) in [5, 5.41) is 4.67. The number of anilines is 1. The van der Waals surface area contributed by atoms with Crippen molar-refractivity contribution in [1.82, 2.24) is 24.5 Å². The number of para-hydroxylation sites is 1. The van der Waals surface area contributed by atoms with Gasteiger partial charge in [0.1, 0.15) is 0 Å². The Morgan fingerprint density at radius 2 is 1.70 bits per heavy atom. The van der Waals surface area contributed by atoms with E-state index in [0.29, 0.717) is 18.0 Å². The fraction of sp³-hybridized carbons (Fsp3) is 0.316. The number of hydrogen-bond donors (Lipinski definition) is 3. The van der Waals surface area contributed by atoms with Crippen LogP contribution in [0.4, 0.5) is 5.95 Å². The van der Waals surface area contributed by atoms with Crippen molar-refractivity contribution in [2.45, 2.75) is 37.8 Å². The summed E-state index contributed by atoms with van der Waals surface area (Å²) in [4.78, 5) is 17.0. The highest BCUT2D eigenvalue weighted by Gasteiger charge is 2.20. The fourth-order valence-electron chi connectivity index (χ4n) is 3.77. The van der Waals surface area contributed by atoms with Crippen molar-refractivity contribution in [3.63, 3.8) is 0 Å². The van der Waals surface area contributed by atoms with Gasteiger partial charge in [0.2, 0.25) is 5.95 Å². The minimum atomic E-state index is 0. The van der Waals surface area contributed by atoms with Gasteiger partial charge in [-0.2, -0.15) is 9.97 Å². The Morgan fingerprint density at radius 1 is 0.967 bits per heavy atom. The lowest BCUT2D eigenvalue weighted by Crippen LogP contribution is -2.33. The van der Waals surface area contributed by atoms with Crippen molar-refractivity contribution in [2.24, 2.45) is 5.73 Å². The number of imidazole rings is 1. The number of rotatable bonds is 3. The summed E-state index contributed by atoms with van der Waals surface area (Å²) < 4.78 is 2.07. The van der Waals surface area contributed by atoms with Crippen LogP contribution in [0.3, 0.4) is 0 Å². The maximum Gasteiger partial charge on any atom is 0.227 e. The molecule has 4 aromatic rings. The number of nitrogens with zero attached hydrogens (tertiary/aromatic N) is 4. The van der Waals surface area contributed by atoms with Gasteiger partial charge in [-0.25, -0.2) is 4.98 Å². The maximum absolute atomic E-state index is 6.02. The Balaban J connectivity index is 0.00000112. The Hall–Kier alpha value is -1.77. The molecule has 1 fully saturated rings. The summed E-state index contributed by atoms with van der Waals surface area (Å²) in [7, 11) is 0. The molecule has 1 aliphatic rings. The summed E-state index contributed by atoms with van der Waals surface area (Å²) in [5.41, 5.74) is 8.62. The van der Waals surface area contributed by atoms with Crippen LogP contribution in [0.5, 0.6) is 0 Å². The van der Waals surface area contributed by atoms with Gasteiger partial charge < -0.3 is 16.0 Å². The Labute approximate surface area is 199 Å². The molecule has 4 N–H and O–H groups in total. The standard InChI is InChI=1S/C19H21N7.4ClH/c20-13-5-7-14(8-6-13)23-19-24-17-16(21-11-22-17)18(25-19)26-10-9-12-3-1-2-4-15(12)26;;;;/h1-4,9-11,13-14H,5-8,20H2,(H2,21,22,23,24,25);4*1H/t13-,14-;;;;. The van der Waals surface area contributed by atoms with E-state index in [9.17, 15) is 0 Å². The molecule has 0 aliphatic heterocycles. The highest BCUT2D eigenvalue weighted by molar-refractivity contribution is 5.87. The smallest absolute Gasteiger partial charge is 0.227 e. The Bertz CT molecular complexity index is 1070. The highest BCUT2D eigenvalue weighted by atomic mass is 35.5. The molecule has 1 aromatic carbocycles. The van der Waals surface area contributed by atoms with Gasteiger partial charge >= 0.3 is 0 Å². The molecule has 7 nitrogen and oxygen atoms in total. The summed E-state index contributed by atoms with van der Waals surface area (Å²) in [6.07, 6.45) is 7.88. The van der Waals surface area contributed by atoms with Crippen LogP contribution in [-0.2, 0) is 0 Å². The summed E-state index contributed by atoms with van der Waals surface area (Å²) >= 11 is 0. The number of H-pyrrole nitrogens is 1. The van der Waals surface area contributed by atoms with E-state index in [-0.39, 0.29) is 49.6 Å². The van der Waals surface area contributed by atoms with Crippen molar-refractivity contribution in [3.05, 3.63) is 42.9 Å². The van der Waals surface area contributed by atoms with Crippen LogP contribution < -0.4 is 11.1 Å². The fourth-order valence-corrected chi connectivity index (χ4v) is 3.77. The van der Waals surface area contributed by atoms with Crippen LogP contribution in [0.15, 0.2) is 42.9 Å². The Morgan fingerprint density at radius 3 is 2.47 bits per heavy atom. The minimum Gasteiger partial charge on any atom is -0.351 e. The molecule has 5 rings (SSSR count). The predicted octanol–water partition coefficient (Wildman–Crippen LogP) is 4.67. The number of benzene rings is 1. The average molecular weight is 493 g/mol. The van der Waals surface area contributed by atoms with Crippen LogP contribution >= 0.6 is 49.6 Å². The molecule has 30 heavy (non-hydrogen) atoms. The SMILES string of the molecule is Cl.Cl.Cl.Cl.N[C@H]1CC[C@H](Nc2nc(-n3ccc4ccccc43)c3nc[nH]c3n2)CC1. The van der Waals surface area contributed by atoms with Crippen LogP contribution in [0.25, 0.3) is 27.9 Å².